The first-order valence-corrected chi connectivity index (χ1v) is 8.69. The molecule has 1 aliphatic rings. The summed E-state index contributed by atoms with van der Waals surface area (Å²) in [6, 6.07) is 11.0. The first-order chi connectivity index (χ1) is 11.5. The number of hydrogen-bond donors (Lipinski definition) is 1. The molecule has 1 N–H and O–H groups in total. The number of anilines is 1. The van der Waals surface area contributed by atoms with Crippen LogP contribution < -0.4 is 14.2 Å². The molecule has 0 aliphatic carbocycles. The second kappa shape index (κ2) is 6.40. The van der Waals surface area contributed by atoms with Gasteiger partial charge in [-0.3, -0.25) is 4.72 Å². The lowest BCUT2D eigenvalue weighted by Crippen LogP contribution is -2.15. The lowest BCUT2D eigenvalue weighted by molar-refractivity contribution is 0.0600. The Morgan fingerprint density at radius 3 is 2.54 bits per heavy atom. The Balaban J connectivity index is 1.71. The van der Waals surface area contributed by atoms with Crippen molar-refractivity contribution in [3.8, 4) is 11.5 Å². The molecule has 0 spiro atoms. The predicted octanol–water partition coefficient (Wildman–Crippen LogP) is 2.14. The third-order valence-corrected chi connectivity index (χ3v) is 4.64. The second-order valence-electron chi connectivity index (χ2n) is 5.12. The zero-order valence-corrected chi connectivity index (χ0v) is 13.6. The fourth-order valence-electron chi connectivity index (χ4n) is 2.25. The Morgan fingerprint density at radius 1 is 1.12 bits per heavy atom. The highest BCUT2D eigenvalue weighted by molar-refractivity contribution is 7.91. The Hall–Kier alpha value is -2.74. The molecule has 0 atom stereocenters. The van der Waals surface area contributed by atoms with Crippen LogP contribution >= 0.6 is 0 Å². The van der Waals surface area contributed by atoms with Crippen LogP contribution in [0.15, 0.2) is 42.5 Å². The molecule has 126 valence electrons. The van der Waals surface area contributed by atoms with E-state index in [0.717, 1.165) is 0 Å². The zero-order valence-electron chi connectivity index (χ0n) is 12.8. The summed E-state index contributed by atoms with van der Waals surface area (Å²) in [7, 11) is -2.32. The number of carbonyl (C=O) groups is 1. The summed E-state index contributed by atoms with van der Waals surface area (Å²) < 4.78 is 42.0. The molecule has 0 saturated heterocycles. The van der Waals surface area contributed by atoms with Crippen molar-refractivity contribution >= 4 is 21.7 Å². The van der Waals surface area contributed by atoms with Gasteiger partial charge in [0.2, 0.25) is 16.8 Å². The number of esters is 1. The minimum Gasteiger partial charge on any atom is -0.465 e. The van der Waals surface area contributed by atoms with E-state index in [4.69, 9.17) is 9.47 Å². The maximum atomic E-state index is 12.3. The van der Waals surface area contributed by atoms with Gasteiger partial charge in [0.25, 0.3) is 0 Å². The quantitative estimate of drug-likeness (QED) is 0.832. The van der Waals surface area contributed by atoms with Gasteiger partial charge in [-0.1, -0.05) is 12.1 Å². The van der Waals surface area contributed by atoms with Crippen molar-refractivity contribution in [3.05, 3.63) is 53.6 Å². The number of ether oxygens (including phenoxy) is 3. The molecular formula is C16H15NO6S. The van der Waals surface area contributed by atoms with Crippen LogP contribution in [0.25, 0.3) is 0 Å². The third kappa shape index (κ3) is 3.60. The van der Waals surface area contributed by atoms with Crippen LogP contribution in [0.2, 0.25) is 0 Å². The van der Waals surface area contributed by atoms with Crippen molar-refractivity contribution in [2.75, 3.05) is 18.6 Å². The monoisotopic (exact) mass is 349 g/mol. The molecule has 24 heavy (non-hydrogen) atoms. The highest BCUT2D eigenvalue weighted by atomic mass is 32.2. The van der Waals surface area contributed by atoms with Crippen LogP contribution in [0.1, 0.15) is 15.9 Å². The summed E-state index contributed by atoms with van der Waals surface area (Å²) in [6.07, 6.45) is 0. The molecule has 0 aromatic heterocycles. The summed E-state index contributed by atoms with van der Waals surface area (Å²) in [6.45, 7) is 0.123. The molecule has 2 aromatic rings. The Morgan fingerprint density at radius 2 is 1.83 bits per heavy atom. The van der Waals surface area contributed by atoms with Crippen LogP contribution in [0.4, 0.5) is 5.69 Å². The van der Waals surface area contributed by atoms with Crippen molar-refractivity contribution in [1.29, 1.82) is 0 Å². The van der Waals surface area contributed by atoms with Gasteiger partial charge in [0.1, 0.15) is 0 Å². The Bertz CT molecular complexity index is 861. The second-order valence-corrected chi connectivity index (χ2v) is 6.84. The van der Waals surface area contributed by atoms with Crippen molar-refractivity contribution < 1.29 is 27.4 Å². The van der Waals surface area contributed by atoms with Crippen LogP contribution in [-0.4, -0.2) is 28.3 Å². The molecular weight excluding hydrogens is 334 g/mol. The molecule has 1 aliphatic heterocycles. The standard InChI is InChI=1S/C16H15NO6S/c1-21-16(18)12-4-2-11(3-5-12)9-24(19,20)17-13-6-7-14-15(8-13)23-10-22-14/h2-8,17H,9-10H2,1H3. The van der Waals surface area contributed by atoms with E-state index >= 15 is 0 Å². The third-order valence-electron chi connectivity index (χ3n) is 3.38. The smallest absolute Gasteiger partial charge is 0.337 e. The van der Waals surface area contributed by atoms with Gasteiger partial charge in [0, 0.05) is 6.07 Å². The van der Waals surface area contributed by atoms with Crippen LogP contribution in [0, 0.1) is 0 Å². The first kappa shape index (κ1) is 16.1. The molecule has 0 amide bonds. The Kier molecular flexibility index (Phi) is 4.30. The average molecular weight is 349 g/mol. The van der Waals surface area contributed by atoms with E-state index in [2.05, 4.69) is 9.46 Å². The van der Waals surface area contributed by atoms with E-state index in [1.165, 1.54) is 19.2 Å². The van der Waals surface area contributed by atoms with Gasteiger partial charge >= 0.3 is 5.97 Å². The van der Waals surface area contributed by atoms with Gasteiger partial charge in [-0.05, 0) is 29.8 Å². The van der Waals surface area contributed by atoms with Crippen LogP contribution in [0.3, 0.4) is 0 Å². The normalized spacial score (nSPS) is 12.7. The maximum Gasteiger partial charge on any atom is 0.337 e. The number of methoxy groups -OCH3 is 1. The largest absolute Gasteiger partial charge is 0.465 e. The number of benzene rings is 2. The molecule has 3 rings (SSSR count). The highest BCUT2D eigenvalue weighted by Gasteiger charge is 2.17. The molecule has 0 saturated carbocycles. The first-order valence-electron chi connectivity index (χ1n) is 7.04. The van der Waals surface area contributed by atoms with E-state index < -0.39 is 16.0 Å². The number of rotatable bonds is 5. The summed E-state index contributed by atoms with van der Waals surface area (Å²) >= 11 is 0. The molecule has 0 fully saturated rings. The van der Waals surface area contributed by atoms with Gasteiger partial charge in [-0.25, -0.2) is 13.2 Å². The zero-order chi connectivity index (χ0) is 17.2. The molecule has 2 aromatic carbocycles. The Labute approximate surface area is 139 Å². The van der Waals surface area contributed by atoms with E-state index in [9.17, 15) is 13.2 Å². The minimum absolute atomic E-state index is 0.123. The SMILES string of the molecule is COC(=O)c1ccc(CS(=O)(=O)Nc2ccc3c(c2)OCO3)cc1. The summed E-state index contributed by atoms with van der Waals surface area (Å²) in [5.74, 6) is 0.389. The van der Waals surface area contributed by atoms with Gasteiger partial charge in [-0.2, -0.15) is 0 Å². The maximum absolute atomic E-state index is 12.3. The predicted molar refractivity (Wildman–Crippen MR) is 86.6 cm³/mol. The van der Waals surface area contributed by atoms with Gasteiger partial charge in [-0.15, -0.1) is 0 Å². The molecule has 8 heteroatoms. The van der Waals surface area contributed by atoms with Crippen molar-refractivity contribution in [2.45, 2.75) is 5.75 Å². The minimum atomic E-state index is -3.61. The molecule has 0 unspecified atom stereocenters. The van der Waals surface area contributed by atoms with Crippen LogP contribution in [-0.2, 0) is 20.5 Å². The van der Waals surface area contributed by atoms with E-state index in [1.807, 2.05) is 0 Å². The number of hydrogen-bond acceptors (Lipinski definition) is 6. The topological polar surface area (TPSA) is 90.9 Å². The summed E-state index contributed by atoms with van der Waals surface area (Å²) in [5, 5.41) is 0. The summed E-state index contributed by atoms with van der Waals surface area (Å²) in [4.78, 5) is 11.4. The fourth-order valence-corrected chi connectivity index (χ4v) is 3.44. The highest BCUT2D eigenvalue weighted by Crippen LogP contribution is 2.34. The lowest BCUT2D eigenvalue weighted by atomic mass is 10.1. The summed E-state index contributed by atoms with van der Waals surface area (Å²) in [5.41, 5.74) is 1.31. The van der Waals surface area contributed by atoms with Crippen molar-refractivity contribution in [1.82, 2.24) is 0 Å². The lowest BCUT2D eigenvalue weighted by Gasteiger charge is -2.09. The van der Waals surface area contributed by atoms with E-state index in [1.54, 1.807) is 30.3 Å². The van der Waals surface area contributed by atoms with Gasteiger partial charge < -0.3 is 14.2 Å². The number of nitrogens with one attached hydrogen (secondary N) is 1. The molecule has 7 nitrogen and oxygen atoms in total. The average Bonchev–Trinajstić information content (AvgIpc) is 3.01. The fraction of sp³-hybridized carbons (Fsp3) is 0.188. The van der Waals surface area contributed by atoms with Crippen molar-refractivity contribution in [2.24, 2.45) is 0 Å². The van der Waals surface area contributed by atoms with Crippen LogP contribution in [0.5, 0.6) is 11.5 Å². The van der Waals surface area contributed by atoms with E-state index in [0.29, 0.717) is 28.3 Å². The molecule has 1 heterocycles. The molecule has 0 bridgehead atoms. The van der Waals surface area contributed by atoms with Gasteiger partial charge in [0.05, 0.1) is 24.1 Å². The molecule has 0 radical (unpaired) electrons. The van der Waals surface area contributed by atoms with E-state index in [-0.39, 0.29) is 12.5 Å². The number of sulfonamides is 1. The van der Waals surface area contributed by atoms with Gasteiger partial charge in [0.15, 0.2) is 11.5 Å². The van der Waals surface area contributed by atoms with Crippen molar-refractivity contribution in [3.63, 3.8) is 0 Å². The number of carbonyl (C=O) groups excluding carboxylic acids is 1. The number of fused-ring (bicyclic) bond motifs is 1.